The predicted molar refractivity (Wildman–Crippen MR) is 68.6 cm³/mol. The van der Waals surface area contributed by atoms with Gasteiger partial charge in [0.2, 0.25) is 0 Å². The van der Waals surface area contributed by atoms with Crippen molar-refractivity contribution in [2.45, 2.75) is 59.7 Å². The maximum absolute atomic E-state index is 13.1. The Morgan fingerprint density at radius 3 is 2.44 bits per heavy atom. The zero-order chi connectivity index (χ0) is 13.7. The van der Waals surface area contributed by atoms with Crippen LogP contribution in [0.25, 0.3) is 0 Å². The van der Waals surface area contributed by atoms with Crippen LogP contribution in [0.3, 0.4) is 0 Å². The first-order valence-corrected chi connectivity index (χ1v) is 6.48. The Morgan fingerprint density at radius 2 is 1.94 bits per heavy atom. The second kappa shape index (κ2) is 6.83. The predicted octanol–water partition coefficient (Wildman–Crippen LogP) is 3.36. The number of hydrogen-bond donors (Lipinski definition) is 1. The SMILES string of the molecule is CC(C)CCn1ncc(CNC(C)C)c1C(F)F. The van der Waals surface area contributed by atoms with Crippen LogP contribution in [0.1, 0.15) is 51.8 Å². The van der Waals surface area contributed by atoms with Crippen molar-refractivity contribution < 1.29 is 8.78 Å². The third kappa shape index (κ3) is 4.37. The number of nitrogens with one attached hydrogen (secondary N) is 1. The van der Waals surface area contributed by atoms with E-state index >= 15 is 0 Å². The third-order valence-electron chi connectivity index (χ3n) is 2.79. The quantitative estimate of drug-likeness (QED) is 0.813. The van der Waals surface area contributed by atoms with E-state index in [0.717, 1.165) is 6.42 Å². The molecule has 1 heterocycles. The third-order valence-corrected chi connectivity index (χ3v) is 2.79. The van der Waals surface area contributed by atoms with Gasteiger partial charge >= 0.3 is 0 Å². The minimum absolute atomic E-state index is 0.0591. The number of alkyl halides is 2. The molecular formula is C13H23F2N3. The number of aryl methyl sites for hydroxylation is 1. The molecule has 0 saturated carbocycles. The second-order valence-electron chi connectivity index (χ2n) is 5.30. The van der Waals surface area contributed by atoms with Gasteiger partial charge in [0, 0.05) is 24.7 Å². The minimum atomic E-state index is -2.47. The summed E-state index contributed by atoms with van der Waals surface area (Å²) >= 11 is 0. The fourth-order valence-corrected chi connectivity index (χ4v) is 1.70. The first-order chi connectivity index (χ1) is 8.41. The van der Waals surface area contributed by atoms with Crippen molar-refractivity contribution in [2.24, 2.45) is 5.92 Å². The van der Waals surface area contributed by atoms with Gasteiger partial charge in [-0.25, -0.2) is 8.78 Å². The highest BCUT2D eigenvalue weighted by atomic mass is 19.3. The Hall–Kier alpha value is -0.970. The average Bonchev–Trinajstić information content (AvgIpc) is 2.66. The van der Waals surface area contributed by atoms with Gasteiger partial charge in [0.15, 0.2) is 0 Å². The molecule has 1 aromatic rings. The Bertz CT molecular complexity index is 330. The molecule has 0 amide bonds. The van der Waals surface area contributed by atoms with E-state index in [0.29, 0.717) is 24.6 Å². The summed E-state index contributed by atoms with van der Waals surface area (Å²) in [6, 6.07) is 0.273. The Morgan fingerprint density at radius 1 is 1.28 bits per heavy atom. The van der Waals surface area contributed by atoms with E-state index in [2.05, 4.69) is 24.3 Å². The van der Waals surface area contributed by atoms with Gasteiger partial charge in [0.1, 0.15) is 5.69 Å². The summed E-state index contributed by atoms with van der Waals surface area (Å²) in [7, 11) is 0. The zero-order valence-electron chi connectivity index (χ0n) is 11.6. The highest BCUT2D eigenvalue weighted by Gasteiger charge is 2.19. The second-order valence-corrected chi connectivity index (χ2v) is 5.30. The smallest absolute Gasteiger partial charge is 0.280 e. The molecular weight excluding hydrogens is 236 g/mol. The van der Waals surface area contributed by atoms with Crippen LogP contribution in [-0.2, 0) is 13.1 Å². The Balaban J connectivity index is 2.78. The molecule has 0 fully saturated rings. The molecule has 3 nitrogen and oxygen atoms in total. The topological polar surface area (TPSA) is 29.9 Å². The fraction of sp³-hybridized carbons (Fsp3) is 0.769. The van der Waals surface area contributed by atoms with E-state index < -0.39 is 6.43 Å². The summed E-state index contributed by atoms with van der Waals surface area (Å²) < 4.78 is 27.6. The van der Waals surface area contributed by atoms with Crippen LogP contribution in [0.2, 0.25) is 0 Å². The van der Waals surface area contributed by atoms with Gasteiger partial charge in [-0.2, -0.15) is 5.10 Å². The summed E-state index contributed by atoms with van der Waals surface area (Å²) in [6.07, 6.45) is -0.0565. The van der Waals surface area contributed by atoms with Crippen LogP contribution in [0, 0.1) is 5.92 Å². The van der Waals surface area contributed by atoms with Gasteiger partial charge in [-0.1, -0.05) is 27.7 Å². The average molecular weight is 259 g/mol. The number of rotatable bonds is 7. The molecule has 1 N–H and O–H groups in total. The van der Waals surface area contributed by atoms with Crippen molar-refractivity contribution >= 4 is 0 Å². The molecule has 0 bridgehead atoms. The van der Waals surface area contributed by atoms with Crippen LogP contribution in [0.4, 0.5) is 8.78 Å². The molecule has 0 radical (unpaired) electrons. The lowest BCUT2D eigenvalue weighted by molar-refractivity contribution is 0.137. The van der Waals surface area contributed by atoms with Crippen molar-refractivity contribution in [1.82, 2.24) is 15.1 Å². The van der Waals surface area contributed by atoms with Gasteiger partial charge in [-0.15, -0.1) is 0 Å². The lowest BCUT2D eigenvalue weighted by atomic mass is 10.1. The van der Waals surface area contributed by atoms with Crippen molar-refractivity contribution in [3.63, 3.8) is 0 Å². The van der Waals surface area contributed by atoms with Gasteiger partial charge < -0.3 is 5.32 Å². The molecule has 0 aliphatic rings. The lowest BCUT2D eigenvalue weighted by Crippen LogP contribution is -2.22. The first-order valence-electron chi connectivity index (χ1n) is 6.48. The van der Waals surface area contributed by atoms with E-state index in [1.165, 1.54) is 4.68 Å². The van der Waals surface area contributed by atoms with Crippen LogP contribution in [-0.4, -0.2) is 15.8 Å². The Kier molecular flexibility index (Phi) is 5.72. The van der Waals surface area contributed by atoms with E-state index in [-0.39, 0.29) is 11.7 Å². The number of halogens is 2. The maximum Gasteiger partial charge on any atom is 0.280 e. The first kappa shape index (κ1) is 15.1. The van der Waals surface area contributed by atoms with Crippen molar-refractivity contribution in [2.75, 3.05) is 0 Å². The number of aromatic nitrogens is 2. The van der Waals surface area contributed by atoms with Crippen LogP contribution in [0.15, 0.2) is 6.20 Å². The largest absolute Gasteiger partial charge is 0.310 e. The standard InChI is InChI=1S/C13H23F2N3/c1-9(2)5-6-18-12(13(14)15)11(8-17-18)7-16-10(3)4/h8-10,13,16H,5-7H2,1-4H3. The summed E-state index contributed by atoms with van der Waals surface area (Å²) in [4.78, 5) is 0. The molecule has 0 atom stereocenters. The van der Waals surface area contributed by atoms with Gasteiger partial charge in [0.25, 0.3) is 6.43 Å². The summed E-state index contributed by atoms with van der Waals surface area (Å²) in [5.41, 5.74) is 0.659. The normalized spacial score (nSPS) is 12.1. The van der Waals surface area contributed by atoms with E-state index in [9.17, 15) is 8.78 Å². The molecule has 18 heavy (non-hydrogen) atoms. The highest BCUT2D eigenvalue weighted by molar-refractivity contribution is 5.19. The molecule has 1 rings (SSSR count). The Labute approximate surface area is 108 Å². The molecule has 0 spiro atoms. The zero-order valence-corrected chi connectivity index (χ0v) is 11.6. The van der Waals surface area contributed by atoms with E-state index in [1.807, 2.05) is 13.8 Å². The van der Waals surface area contributed by atoms with Gasteiger partial charge in [-0.3, -0.25) is 4.68 Å². The van der Waals surface area contributed by atoms with Crippen LogP contribution < -0.4 is 5.32 Å². The number of nitrogens with zero attached hydrogens (tertiary/aromatic N) is 2. The molecule has 0 saturated heterocycles. The molecule has 104 valence electrons. The number of hydrogen-bond acceptors (Lipinski definition) is 2. The maximum atomic E-state index is 13.1. The highest BCUT2D eigenvalue weighted by Crippen LogP contribution is 2.23. The molecule has 0 aliphatic carbocycles. The molecule has 5 heteroatoms. The van der Waals surface area contributed by atoms with Crippen LogP contribution in [0.5, 0.6) is 0 Å². The summed E-state index contributed by atoms with van der Waals surface area (Å²) in [6.45, 7) is 9.13. The lowest BCUT2D eigenvalue weighted by Gasteiger charge is -2.11. The molecule has 0 aliphatic heterocycles. The van der Waals surface area contributed by atoms with E-state index in [1.54, 1.807) is 6.20 Å². The molecule has 0 aromatic carbocycles. The summed E-state index contributed by atoms with van der Waals surface area (Å²) in [5, 5.41) is 7.23. The minimum Gasteiger partial charge on any atom is -0.310 e. The fourth-order valence-electron chi connectivity index (χ4n) is 1.70. The molecule has 0 unspecified atom stereocenters. The molecule has 1 aromatic heterocycles. The van der Waals surface area contributed by atoms with Crippen molar-refractivity contribution in [3.8, 4) is 0 Å². The van der Waals surface area contributed by atoms with Gasteiger partial charge in [0.05, 0.1) is 6.20 Å². The van der Waals surface area contributed by atoms with Gasteiger partial charge in [-0.05, 0) is 12.3 Å². The van der Waals surface area contributed by atoms with Crippen LogP contribution >= 0.6 is 0 Å². The summed E-state index contributed by atoms with van der Waals surface area (Å²) in [5.74, 6) is 0.483. The van der Waals surface area contributed by atoms with E-state index in [4.69, 9.17) is 0 Å². The van der Waals surface area contributed by atoms with Crippen molar-refractivity contribution in [1.29, 1.82) is 0 Å². The monoisotopic (exact) mass is 259 g/mol. The van der Waals surface area contributed by atoms with Crippen molar-refractivity contribution in [3.05, 3.63) is 17.5 Å².